The number of alkyl halides is 3. The van der Waals surface area contributed by atoms with Gasteiger partial charge in [0, 0.05) is 37.0 Å². The number of amides is 1. The molecule has 0 bridgehead atoms. The summed E-state index contributed by atoms with van der Waals surface area (Å²) in [5.41, 5.74) is -0.689. The number of pyridine rings is 1. The van der Waals surface area contributed by atoms with Gasteiger partial charge in [0.15, 0.2) is 0 Å². The Morgan fingerprint density at radius 3 is 2.59 bits per heavy atom. The van der Waals surface area contributed by atoms with Gasteiger partial charge in [0.2, 0.25) is 5.91 Å². The maximum absolute atomic E-state index is 13.9. The van der Waals surface area contributed by atoms with Gasteiger partial charge in [-0.05, 0) is 36.2 Å². The minimum atomic E-state index is -4.76. The molecule has 9 heteroatoms. The highest BCUT2D eigenvalue weighted by molar-refractivity contribution is 6.10. The Labute approximate surface area is 165 Å². The number of halogens is 3. The van der Waals surface area contributed by atoms with Gasteiger partial charge in [-0.1, -0.05) is 0 Å². The number of nitrogens with one attached hydrogen (secondary N) is 1. The van der Waals surface area contributed by atoms with Crippen LogP contribution in [-0.2, 0) is 11.8 Å². The summed E-state index contributed by atoms with van der Waals surface area (Å²) in [7, 11) is 2.87. The van der Waals surface area contributed by atoms with Gasteiger partial charge in [0.1, 0.15) is 11.5 Å². The SMILES string of the molecule is CCNC(=O)C[C@@H]1N=C(C(F)(F)F)c2cc(OC)ccc2-c2cn(C)c(=O)cc21. The first-order chi connectivity index (χ1) is 13.7. The summed E-state index contributed by atoms with van der Waals surface area (Å²) in [4.78, 5) is 28.3. The van der Waals surface area contributed by atoms with Crippen molar-refractivity contribution in [3.05, 3.63) is 51.9 Å². The van der Waals surface area contributed by atoms with Gasteiger partial charge < -0.3 is 14.6 Å². The number of carbonyl (C=O) groups excluding carboxylic acids is 1. The third-order valence-corrected chi connectivity index (χ3v) is 4.70. The Hall–Kier alpha value is -3.10. The van der Waals surface area contributed by atoms with E-state index >= 15 is 0 Å². The summed E-state index contributed by atoms with van der Waals surface area (Å²) in [6.07, 6.45) is -3.59. The molecule has 2 aromatic rings. The van der Waals surface area contributed by atoms with Crippen molar-refractivity contribution in [3.63, 3.8) is 0 Å². The molecule has 29 heavy (non-hydrogen) atoms. The molecule has 1 N–H and O–H groups in total. The molecule has 154 valence electrons. The highest BCUT2D eigenvalue weighted by atomic mass is 19.4. The zero-order chi connectivity index (χ0) is 21.3. The third kappa shape index (κ3) is 4.03. The summed E-state index contributed by atoms with van der Waals surface area (Å²) in [6, 6.07) is 4.42. The van der Waals surface area contributed by atoms with Crippen molar-refractivity contribution in [1.82, 2.24) is 9.88 Å². The monoisotopic (exact) mass is 407 g/mol. The first-order valence-electron chi connectivity index (χ1n) is 8.96. The van der Waals surface area contributed by atoms with E-state index in [1.807, 2.05) is 0 Å². The van der Waals surface area contributed by atoms with E-state index in [0.717, 1.165) is 0 Å². The molecule has 1 aromatic heterocycles. The molecule has 0 aliphatic carbocycles. The van der Waals surface area contributed by atoms with Crippen molar-refractivity contribution in [2.45, 2.75) is 25.6 Å². The number of nitrogens with zero attached hydrogens (tertiary/aromatic N) is 2. The third-order valence-electron chi connectivity index (χ3n) is 4.70. The molecule has 0 saturated carbocycles. The molecule has 1 aromatic carbocycles. The van der Waals surface area contributed by atoms with Crippen LogP contribution in [0.25, 0.3) is 11.1 Å². The minimum absolute atomic E-state index is 0.157. The number of carbonyl (C=O) groups is 1. The lowest BCUT2D eigenvalue weighted by Crippen LogP contribution is -2.27. The number of aromatic nitrogens is 1. The molecular weight excluding hydrogens is 387 g/mol. The van der Waals surface area contributed by atoms with Gasteiger partial charge >= 0.3 is 6.18 Å². The van der Waals surface area contributed by atoms with Gasteiger partial charge in [-0.15, -0.1) is 0 Å². The van der Waals surface area contributed by atoms with E-state index in [1.54, 1.807) is 13.0 Å². The lowest BCUT2D eigenvalue weighted by atomic mass is 9.92. The normalized spacial score (nSPS) is 15.7. The van der Waals surface area contributed by atoms with Crippen molar-refractivity contribution in [2.24, 2.45) is 12.0 Å². The maximum atomic E-state index is 13.9. The molecule has 6 nitrogen and oxygen atoms in total. The van der Waals surface area contributed by atoms with Crippen LogP contribution < -0.4 is 15.6 Å². The molecule has 1 atom stereocenters. The number of hydrogen-bond donors (Lipinski definition) is 1. The standard InChI is InChI=1S/C20H20F3N3O3/c1-4-24-17(27)9-16-13-8-18(28)26(2)10-15(13)12-6-5-11(29-3)7-14(12)19(25-16)20(21,22)23/h5-8,10,16H,4,9H2,1-3H3,(H,24,27)/t16-/m0/s1. The molecule has 0 spiro atoms. The van der Waals surface area contributed by atoms with E-state index in [0.29, 0.717) is 12.1 Å². The average molecular weight is 407 g/mol. The Kier molecular flexibility index (Phi) is 5.50. The first kappa shape index (κ1) is 20.6. The topological polar surface area (TPSA) is 72.7 Å². The molecule has 0 radical (unpaired) electrons. The summed E-state index contributed by atoms with van der Waals surface area (Å²) in [6.45, 7) is 2.05. The largest absolute Gasteiger partial charge is 0.497 e. The number of hydrogen-bond acceptors (Lipinski definition) is 4. The Balaban J connectivity index is 2.33. The molecule has 0 fully saturated rings. The average Bonchev–Trinajstić information content (AvgIpc) is 2.77. The molecule has 0 unspecified atom stereocenters. The van der Waals surface area contributed by atoms with E-state index < -0.39 is 29.4 Å². The minimum Gasteiger partial charge on any atom is -0.497 e. The Morgan fingerprint density at radius 1 is 1.24 bits per heavy atom. The smallest absolute Gasteiger partial charge is 0.433 e. The van der Waals surface area contributed by atoms with E-state index in [1.165, 1.54) is 43.1 Å². The zero-order valence-corrected chi connectivity index (χ0v) is 16.1. The van der Waals surface area contributed by atoms with Gasteiger partial charge in [0.25, 0.3) is 5.56 Å². The fraction of sp³-hybridized carbons (Fsp3) is 0.350. The summed E-state index contributed by atoms with van der Waals surface area (Å²) < 4.78 is 48.2. The van der Waals surface area contributed by atoms with Gasteiger partial charge in [0.05, 0.1) is 19.6 Å². The number of methoxy groups -OCH3 is 1. The molecule has 0 saturated heterocycles. The van der Waals surface area contributed by atoms with Crippen LogP contribution in [0.5, 0.6) is 5.75 Å². The van der Waals surface area contributed by atoms with Crippen molar-refractivity contribution in [3.8, 4) is 16.9 Å². The van der Waals surface area contributed by atoms with Gasteiger partial charge in [-0.2, -0.15) is 13.2 Å². The van der Waals surface area contributed by atoms with E-state index in [-0.39, 0.29) is 28.9 Å². The zero-order valence-electron chi connectivity index (χ0n) is 16.1. The molecule has 3 rings (SSSR count). The van der Waals surface area contributed by atoms with Gasteiger partial charge in [-0.3, -0.25) is 14.6 Å². The number of ether oxygens (including phenoxy) is 1. The second kappa shape index (κ2) is 7.73. The summed E-state index contributed by atoms with van der Waals surface area (Å²) in [5, 5.41) is 2.57. The number of rotatable bonds is 4. The highest BCUT2D eigenvalue weighted by Gasteiger charge is 2.41. The number of fused-ring (bicyclic) bond motifs is 3. The van der Waals surface area contributed by atoms with E-state index in [4.69, 9.17) is 4.74 Å². The molecule has 1 amide bonds. The van der Waals surface area contributed by atoms with Crippen LogP contribution in [0.2, 0.25) is 0 Å². The Bertz CT molecular complexity index is 1040. The second-order valence-corrected chi connectivity index (χ2v) is 6.65. The summed E-state index contributed by atoms with van der Waals surface area (Å²) >= 11 is 0. The lowest BCUT2D eigenvalue weighted by molar-refractivity contribution is -0.121. The second-order valence-electron chi connectivity index (χ2n) is 6.65. The van der Waals surface area contributed by atoms with Crippen LogP contribution in [0.15, 0.2) is 40.2 Å². The van der Waals surface area contributed by atoms with Crippen LogP contribution >= 0.6 is 0 Å². The number of aliphatic imine (C=N–C) groups is 1. The predicted molar refractivity (Wildman–Crippen MR) is 102 cm³/mol. The number of aryl methyl sites for hydroxylation is 1. The highest BCUT2D eigenvalue weighted by Crippen LogP contribution is 2.41. The molecule has 1 aliphatic heterocycles. The first-order valence-corrected chi connectivity index (χ1v) is 8.96. The molecule has 1 aliphatic rings. The van der Waals surface area contributed by atoms with Crippen LogP contribution in [-0.4, -0.2) is 36.0 Å². The predicted octanol–water partition coefficient (Wildman–Crippen LogP) is 2.99. The van der Waals surface area contributed by atoms with Crippen LogP contribution in [0, 0.1) is 0 Å². The number of benzene rings is 1. The van der Waals surface area contributed by atoms with Crippen molar-refractivity contribution >= 4 is 11.6 Å². The Morgan fingerprint density at radius 2 is 1.97 bits per heavy atom. The van der Waals surface area contributed by atoms with Crippen molar-refractivity contribution in [1.29, 1.82) is 0 Å². The summed E-state index contributed by atoms with van der Waals surface area (Å²) in [5.74, 6) is -0.202. The van der Waals surface area contributed by atoms with Gasteiger partial charge in [-0.25, -0.2) is 0 Å². The van der Waals surface area contributed by atoms with Crippen molar-refractivity contribution < 1.29 is 22.7 Å². The van der Waals surface area contributed by atoms with Crippen LogP contribution in [0.4, 0.5) is 13.2 Å². The van der Waals surface area contributed by atoms with Crippen LogP contribution in [0.3, 0.4) is 0 Å². The van der Waals surface area contributed by atoms with Crippen LogP contribution in [0.1, 0.15) is 30.5 Å². The molecular formula is C20H20F3N3O3. The lowest BCUT2D eigenvalue weighted by Gasteiger charge is -2.16. The maximum Gasteiger partial charge on any atom is 0.433 e. The van der Waals surface area contributed by atoms with E-state index in [2.05, 4.69) is 10.3 Å². The fourth-order valence-corrected chi connectivity index (χ4v) is 3.35. The van der Waals surface area contributed by atoms with E-state index in [9.17, 15) is 22.8 Å². The fourth-order valence-electron chi connectivity index (χ4n) is 3.35. The molecule has 2 heterocycles. The van der Waals surface area contributed by atoms with Crippen molar-refractivity contribution in [2.75, 3.05) is 13.7 Å². The quantitative estimate of drug-likeness (QED) is 0.847.